The summed E-state index contributed by atoms with van der Waals surface area (Å²) in [6.45, 7) is 0.483. The van der Waals surface area contributed by atoms with Crippen LogP contribution in [0.2, 0.25) is 0 Å². The number of aromatic nitrogens is 1. The summed E-state index contributed by atoms with van der Waals surface area (Å²) in [7, 11) is 0. The van der Waals surface area contributed by atoms with E-state index in [1.807, 2.05) is 36.4 Å². The van der Waals surface area contributed by atoms with Gasteiger partial charge in [-0.15, -0.1) is 0 Å². The lowest BCUT2D eigenvalue weighted by molar-refractivity contribution is 0.100. The number of ether oxygens (including phenoxy) is 1. The van der Waals surface area contributed by atoms with Crippen molar-refractivity contribution in [3.63, 3.8) is 0 Å². The second kappa shape index (κ2) is 5.09. The number of nitrogens with one attached hydrogen (secondary N) is 1. The Morgan fingerprint density at radius 3 is 2.65 bits per heavy atom. The number of aromatic amines is 1. The summed E-state index contributed by atoms with van der Waals surface area (Å²) in [5.41, 5.74) is 7.63. The van der Waals surface area contributed by atoms with E-state index < -0.39 is 5.91 Å². The summed E-state index contributed by atoms with van der Waals surface area (Å²) in [4.78, 5) is 14.4. The molecule has 4 nitrogen and oxygen atoms in total. The van der Waals surface area contributed by atoms with Crippen LogP contribution < -0.4 is 10.5 Å². The number of nitrogens with two attached hydrogens (primary N) is 1. The van der Waals surface area contributed by atoms with Gasteiger partial charge in [0.1, 0.15) is 12.4 Å². The van der Waals surface area contributed by atoms with Crippen LogP contribution in [-0.2, 0) is 6.61 Å². The van der Waals surface area contributed by atoms with E-state index >= 15 is 0 Å². The fraction of sp³-hybridized carbons (Fsp3) is 0.0625. The first kappa shape index (κ1) is 12.3. The standard InChI is InChI=1S/C16H14N2O2/c17-16(19)13-6-7-14(12-8-9-18-15(12)13)20-10-11-4-2-1-3-5-11/h1-9,18H,10H2,(H2,17,19). The molecule has 1 aromatic heterocycles. The summed E-state index contributed by atoms with van der Waals surface area (Å²) in [5.74, 6) is 0.280. The molecule has 1 amide bonds. The summed E-state index contributed by atoms with van der Waals surface area (Å²) in [5, 5.41) is 0.859. The van der Waals surface area contributed by atoms with Crippen LogP contribution >= 0.6 is 0 Å². The van der Waals surface area contributed by atoms with Crippen molar-refractivity contribution in [1.82, 2.24) is 4.98 Å². The molecule has 0 spiro atoms. The predicted octanol–water partition coefficient (Wildman–Crippen LogP) is 2.85. The van der Waals surface area contributed by atoms with Crippen LogP contribution in [0.4, 0.5) is 0 Å². The van der Waals surface area contributed by atoms with Crippen LogP contribution in [-0.4, -0.2) is 10.9 Å². The van der Waals surface area contributed by atoms with Gasteiger partial charge in [-0.25, -0.2) is 0 Å². The van der Waals surface area contributed by atoms with Crippen molar-refractivity contribution in [2.45, 2.75) is 6.61 Å². The van der Waals surface area contributed by atoms with E-state index in [4.69, 9.17) is 10.5 Å². The third-order valence-electron chi connectivity index (χ3n) is 3.19. The number of hydrogen-bond donors (Lipinski definition) is 2. The molecular weight excluding hydrogens is 252 g/mol. The van der Waals surface area contributed by atoms with Crippen molar-refractivity contribution in [3.8, 4) is 5.75 Å². The van der Waals surface area contributed by atoms with Crippen LogP contribution in [0, 0.1) is 0 Å². The average Bonchev–Trinajstić information content (AvgIpc) is 2.95. The van der Waals surface area contributed by atoms with E-state index in [0.717, 1.165) is 16.7 Å². The summed E-state index contributed by atoms with van der Waals surface area (Å²) in [6.07, 6.45) is 1.77. The Labute approximate surface area is 116 Å². The van der Waals surface area contributed by atoms with E-state index in [-0.39, 0.29) is 0 Å². The lowest BCUT2D eigenvalue weighted by Gasteiger charge is -2.09. The van der Waals surface area contributed by atoms with Gasteiger partial charge in [0, 0.05) is 11.6 Å². The van der Waals surface area contributed by atoms with E-state index in [0.29, 0.717) is 17.7 Å². The zero-order chi connectivity index (χ0) is 13.9. The van der Waals surface area contributed by atoms with Crippen molar-refractivity contribution in [1.29, 1.82) is 0 Å². The van der Waals surface area contributed by atoms with Gasteiger partial charge in [0.15, 0.2) is 0 Å². The molecule has 4 heteroatoms. The first-order chi connectivity index (χ1) is 9.75. The number of hydrogen-bond acceptors (Lipinski definition) is 2. The normalized spacial score (nSPS) is 10.6. The number of H-pyrrole nitrogens is 1. The lowest BCUT2D eigenvalue weighted by Crippen LogP contribution is -2.11. The maximum Gasteiger partial charge on any atom is 0.250 e. The Morgan fingerprint density at radius 1 is 1.10 bits per heavy atom. The highest BCUT2D eigenvalue weighted by atomic mass is 16.5. The molecule has 0 aliphatic rings. The Balaban J connectivity index is 1.91. The topological polar surface area (TPSA) is 68.1 Å². The predicted molar refractivity (Wildman–Crippen MR) is 77.6 cm³/mol. The van der Waals surface area contributed by atoms with Crippen molar-refractivity contribution >= 4 is 16.8 Å². The largest absolute Gasteiger partial charge is 0.488 e. The third kappa shape index (κ3) is 2.23. The van der Waals surface area contributed by atoms with Gasteiger partial charge >= 0.3 is 0 Å². The number of primary amides is 1. The lowest BCUT2D eigenvalue weighted by atomic mass is 10.1. The number of fused-ring (bicyclic) bond motifs is 1. The monoisotopic (exact) mass is 266 g/mol. The third-order valence-corrected chi connectivity index (χ3v) is 3.19. The minimum Gasteiger partial charge on any atom is -0.488 e. The van der Waals surface area contributed by atoms with Crippen LogP contribution in [0.5, 0.6) is 5.75 Å². The highest BCUT2D eigenvalue weighted by molar-refractivity contribution is 6.06. The number of carbonyl (C=O) groups is 1. The zero-order valence-corrected chi connectivity index (χ0v) is 10.8. The van der Waals surface area contributed by atoms with Gasteiger partial charge in [0.25, 0.3) is 5.91 Å². The molecule has 1 heterocycles. The average molecular weight is 266 g/mol. The molecule has 2 aromatic carbocycles. The van der Waals surface area contributed by atoms with Crippen LogP contribution in [0.25, 0.3) is 10.9 Å². The molecular formula is C16H14N2O2. The van der Waals surface area contributed by atoms with Crippen molar-refractivity contribution in [2.24, 2.45) is 5.73 Å². The molecule has 0 fully saturated rings. The zero-order valence-electron chi connectivity index (χ0n) is 10.8. The quantitative estimate of drug-likeness (QED) is 0.762. The van der Waals surface area contributed by atoms with Gasteiger partial charge in [-0.2, -0.15) is 0 Å². The minimum absolute atomic E-state index is 0.452. The maximum absolute atomic E-state index is 11.4. The molecule has 0 saturated carbocycles. The van der Waals surface area contributed by atoms with Crippen LogP contribution in [0.15, 0.2) is 54.7 Å². The maximum atomic E-state index is 11.4. The Kier molecular flexibility index (Phi) is 3.13. The van der Waals surface area contributed by atoms with Gasteiger partial charge in [0.05, 0.1) is 11.1 Å². The second-order valence-electron chi connectivity index (χ2n) is 4.52. The fourth-order valence-corrected chi connectivity index (χ4v) is 2.20. The summed E-state index contributed by atoms with van der Waals surface area (Å²) in [6, 6.07) is 15.3. The summed E-state index contributed by atoms with van der Waals surface area (Å²) < 4.78 is 5.83. The molecule has 0 saturated heterocycles. The molecule has 3 N–H and O–H groups in total. The number of amides is 1. The number of rotatable bonds is 4. The first-order valence-electron chi connectivity index (χ1n) is 6.32. The van der Waals surface area contributed by atoms with Gasteiger partial charge in [0.2, 0.25) is 0 Å². The fourth-order valence-electron chi connectivity index (χ4n) is 2.20. The van der Waals surface area contributed by atoms with Gasteiger partial charge < -0.3 is 15.5 Å². The molecule has 0 bridgehead atoms. The van der Waals surface area contributed by atoms with Crippen molar-refractivity contribution < 1.29 is 9.53 Å². The van der Waals surface area contributed by atoms with Gasteiger partial charge in [-0.05, 0) is 23.8 Å². The van der Waals surface area contributed by atoms with Crippen LogP contribution in [0.3, 0.4) is 0 Å². The Hall–Kier alpha value is -2.75. The van der Waals surface area contributed by atoms with E-state index in [1.165, 1.54) is 0 Å². The van der Waals surface area contributed by atoms with Crippen LogP contribution in [0.1, 0.15) is 15.9 Å². The number of carbonyl (C=O) groups excluding carboxylic acids is 1. The summed E-state index contributed by atoms with van der Waals surface area (Å²) >= 11 is 0. The highest BCUT2D eigenvalue weighted by Gasteiger charge is 2.11. The van der Waals surface area contributed by atoms with Crippen molar-refractivity contribution in [2.75, 3.05) is 0 Å². The number of benzene rings is 2. The van der Waals surface area contributed by atoms with Gasteiger partial charge in [-0.3, -0.25) is 4.79 Å². The molecule has 100 valence electrons. The molecule has 0 radical (unpaired) electrons. The Morgan fingerprint density at radius 2 is 1.90 bits per heavy atom. The Bertz CT molecular complexity index is 748. The smallest absolute Gasteiger partial charge is 0.250 e. The molecule has 20 heavy (non-hydrogen) atoms. The van der Waals surface area contributed by atoms with Crippen molar-refractivity contribution in [3.05, 3.63) is 65.9 Å². The SMILES string of the molecule is NC(=O)c1ccc(OCc2ccccc2)c2cc[nH]c12. The molecule has 0 aliphatic heterocycles. The second-order valence-corrected chi connectivity index (χ2v) is 4.52. The molecule has 0 unspecified atom stereocenters. The molecule has 3 aromatic rings. The highest BCUT2D eigenvalue weighted by Crippen LogP contribution is 2.28. The molecule has 0 aliphatic carbocycles. The first-order valence-corrected chi connectivity index (χ1v) is 6.32. The van der Waals surface area contributed by atoms with E-state index in [9.17, 15) is 4.79 Å². The van der Waals surface area contributed by atoms with E-state index in [2.05, 4.69) is 4.98 Å². The minimum atomic E-state index is -0.452. The van der Waals surface area contributed by atoms with E-state index in [1.54, 1.807) is 18.3 Å². The molecule has 3 rings (SSSR count). The molecule has 0 atom stereocenters. The van der Waals surface area contributed by atoms with Gasteiger partial charge in [-0.1, -0.05) is 30.3 Å².